The molecule has 0 radical (unpaired) electrons. The van der Waals surface area contributed by atoms with E-state index in [0.29, 0.717) is 5.92 Å². The molecule has 0 amide bonds. The van der Waals surface area contributed by atoms with Crippen molar-refractivity contribution in [1.82, 2.24) is 0 Å². The Hall–Kier alpha value is -0.870. The summed E-state index contributed by atoms with van der Waals surface area (Å²) in [5, 5.41) is 9.15. The Bertz CT molecular complexity index is 439. The van der Waals surface area contributed by atoms with Crippen molar-refractivity contribution in [3.63, 3.8) is 0 Å². The van der Waals surface area contributed by atoms with Crippen molar-refractivity contribution in [2.45, 2.75) is 19.8 Å². The molecule has 0 saturated carbocycles. The lowest BCUT2D eigenvalue weighted by atomic mass is 9.96. The van der Waals surface area contributed by atoms with E-state index in [1.54, 1.807) is 6.92 Å². The molecule has 1 aromatic carbocycles. The molecule has 1 aliphatic heterocycles. The van der Waals surface area contributed by atoms with Crippen LogP contribution in [0.1, 0.15) is 30.1 Å². The predicted octanol–water partition coefficient (Wildman–Crippen LogP) is 2.86. The third-order valence-corrected chi connectivity index (χ3v) is 4.05. The monoisotopic (exact) mass is 311 g/mol. The molecule has 18 heavy (non-hydrogen) atoms. The number of benzene rings is 1. The summed E-state index contributed by atoms with van der Waals surface area (Å²) in [5.74, 6) is 0.510. The van der Waals surface area contributed by atoms with E-state index in [1.807, 2.05) is 18.2 Å². The van der Waals surface area contributed by atoms with E-state index in [0.717, 1.165) is 41.7 Å². The van der Waals surface area contributed by atoms with Gasteiger partial charge in [0.05, 0.1) is 0 Å². The number of nitrogens with zero attached hydrogens (tertiary/aromatic N) is 1. The summed E-state index contributed by atoms with van der Waals surface area (Å²) < 4.78 is 0.992. The van der Waals surface area contributed by atoms with Gasteiger partial charge in [0.1, 0.15) is 0 Å². The molecule has 0 aromatic heterocycles. The third-order valence-electron chi connectivity index (χ3n) is 3.55. The molecule has 0 aliphatic carbocycles. The SMILES string of the molecule is CC(=O)c1ccc(Br)cc1N1CCC(CO)CC1. The highest BCUT2D eigenvalue weighted by Gasteiger charge is 2.21. The van der Waals surface area contributed by atoms with Gasteiger partial charge < -0.3 is 10.0 Å². The Balaban J connectivity index is 2.22. The van der Waals surface area contributed by atoms with Gasteiger partial charge in [-0.25, -0.2) is 0 Å². The van der Waals surface area contributed by atoms with Crippen LogP contribution in [-0.4, -0.2) is 30.6 Å². The first-order chi connectivity index (χ1) is 8.61. The average Bonchev–Trinajstić information content (AvgIpc) is 2.38. The molecule has 4 heteroatoms. The van der Waals surface area contributed by atoms with Gasteiger partial charge in [0, 0.05) is 35.4 Å². The van der Waals surface area contributed by atoms with Gasteiger partial charge in [-0.3, -0.25) is 4.79 Å². The smallest absolute Gasteiger partial charge is 0.161 e. The Kier molecular flexibility index (Phi) is 4.40. The molecule has 1 saturated heterocycles. The number of ketones is 1. The van der Waals surface area contributed by atoms with Gasteiger partial charge in [0.15, 0.2) is 5.78 Å². The number of hydrogen-bond donors (Lipinski definition) is 1. The summed E-state index contributed by atoms with van der Waals surface area (Å²) in [5.41, 5.74) is 1.79. The molecule has 2 rings (SSSR count). The lowest BCUT2D eigenvalue weighted by molar-refractivity contribution is 0.101. The van der Waals surface area contributed by atoms with Gasteiger partial charge in [-0.05, 0) is 43.9 Å². The number of rotatable bonds is 3. The van der Waals surface area contributed by atoms with Crippen LogP contribution >= 0.6 is 15.9 Å². The van der Waals surface area contributed by atoms with Crippen LogP contribution in [0.5, 0.6) is 0 Å². The normalized spacial score (nSPS) is 16.9. The lowest BCUT2D eigenvalue weighted by Crippen LogP contribution is -2.35. The fraction of sp³-hybridized carbons (Fsp3) is 0.500. The Labute approximate surface area is 116 Å². The third kappa shape index (κ3) is 2.93. The predicted molar refractivity (Wildman–Crippen MR) is 76.2 cm³/mol. The molecule has 1 aliphatic rings. The Morgan fingerprint density at radius 2 is 2.11 bits per heavy atom. The van der Waals surface area contributed by atoms with Gasteiger partial charge in [-0.2, -0.15) is 0 Å². The van der Waals surface area contributed by atoms with E-state index >= 15 is 0 Å². The molecule has 0 bridgehead atoms. The van der Waals surface area contributed by atoms with E-state index in [1.165, 1.54) is 0 Å². The number of piperidine rings is 1. The van der Waals surface area contributed by atoms with Gasteiger partial charge in [-0.15, -0.1) is 0 Å². The summed E-state index contributed by atoms with van der Waals surface area (Å²) >= 11 is 3.46. The van der Waals surface area contributed by atoms with Crippen LogP contribution in [0.15, 0.2) is 22.7 Å². The second-order valence-electron chi connectivity index (χ2n) is 4.83. The fourth-order valence-corrected chi connectivity index (χ4v) is 2.77. The van der Waals surface area contributed by atoms with Crippen molar-refractivity contribution in [2.75, 3.05) is 24.6 Å². The average molecular weight is 312 g/mol. The zero-order valence-corrected chi connectivity index (χ0v) is 12.1. The number of aliphatic hydroxyl groups is 1. The quantitative estimate of drug-likeness (QED) is 0.873. The minimum Gasteiger partial charge on any atom is -0.396 e. The van der Waals surface area contributed by atoms with Gasteiger partial charge in [0.25, 0.3) is 0 Å². The van der Waals surface area contributed by atoms with Crippen molar-refractivity contribution >= 4 is 27.4 Å². The maximum atomic E-state index is 11.7. The minimum atomic E-state index is 0.0989. The van der Waals surface area contributed by atoms with Gasteiger partial charge in [0.2, 0.25) is 0 Å². The Morgan fingerprint density at radius 3 is 2.67 bits per heavy atom. The number of carbonyl (C=O) groups excluding carboxylic acids is 1. The number of carbonyl (C=O) groups is 1. The maximum absolute atomic E-state index is 11.7. The molecule has 98 valence electrons. The summed E-state index contributed by atoms with van der Waals surface area (Å²) in [6.45, 7) is 3.68. The van der Waals surface area contributed by atoms with E-state index < -0.39 is 0 Å². The van der Waals surface area contributed by atoms with E-state index in [2.05, 4.69) is 20.8 Å². The lowest BCUT2D eigenvalue weighted by Gasteiger charge is -2.34. The molecule has 0 unspecified atom stereocenters. The highest BCUT2D eigenvalue weighted by Crippen LogP contribution is 2.29. The van der Waals surface area contributed by atoms with E-state index in [4.69, 9.17) is 5.11 Å². The van der Waals surface area contributed by atoms with Crippen LogP contribution in [0.4, 0.5) is 5.69 Å². The molecule has 0 atom stereocenters. The standard InChI is InChI=1S/C14H18BrNO2/c1-10(18)13-3-2-12(15)8-14(13)16-6-4-11(9-17)5-7-16/h2-3,8,11,17H,4-7,9H2,1H3. The first kappa shape index (κ1) is 13.6. The molecular formula is C14H18BrNO2. The molecule has 3 nitrogen and oxygen atoms in total. The molecule has 1 aromatic rings. The molecule has 1 heterocycles. The minimum absolute atomic E-state index is 0.0989. The maximum Gasteiger partial charge on any atom is 0.161 e. The van der Waals surface area contributed by atoms with Crippen LogP contribution in [0, 0.1) is 5.92 Å². The van der Waals surface area contributed by atoms with Crippen LogP contribution in [0.25, 0.3) is 0 Å². The highest BCUT2D eigenvalue weighted by atomic mass is 79.9. The summed E-state index contributed by atoms with van der Waals surface area (Å²) in [7, 11) is 0. The topological polar surface area (TPSA) is 40.5 Å². The van der Waals surface area contributed by atoms with Crippen LogP contribution < -0.4 is 4.90 Å². The Morgan fingerprint density at radius 1 is 1.44 bits per heavy atom. The molecule has 0 spiro atoms. The zero-order valence-electron chi connectivity index (χ0n) is 10.5. The van der Waals surface area contributed by atoms with Crippen molar-refractivity contribution in [2.24, 2.45) is 5.92 Å². The second kappa shape index (κ2) is 5.85. The van der Waals surface area contributed by atoms with Crippen molar-refractivity contribution in [3.05, 3.63) is 28.2 Å². The van der Waals surface area contributed by atoms with Gasteiger partial charge >= 0.3 is 0 Å². The fourth-order valence-electron chi connectivity index (χ4n) is 2.42. The van der Waals surface area contributed by atoms with Crippen molar-refractivity contribution < 1.29 is 9.90 Å². The zero-order chi connectivity index (χ0) is 13.1. The van der Waals surface area contributed by atoms with Crippen molar-refractivity contribution in [1.29, 1.82) is 0 Å². The van der Waals surface area contributed by atoms with Crippen LogP contribution in [0.3, 0.4) is 0 Å². The number of aliphatic hydroxyl groups excluding tert-OH is 1. The summed E-state index contributed by atoms with van der Waals surface area (Å²) in [6, 6.07) is 5.79. The molecule has 1 fully saturated rings. The molecule has 1 N–H and O–H groups in total. The van der Waals surface area contributed by atoms with Crippen molar-refractivity contribution in [3.8, 4) is 0 Å². The largest absolute Gasteiger partial charge is 0.396 e. The summed E-state index contributed by atoms with van der Waals surface area (Å²) in [6.07, 6.45) is 1.97. The number of halogens is 1. The number of anilines is 1. The first-order valence-electron chi connectivity index (χ1n) is 6.28. The first-order valence-corrected chi connectivity index (χ1v) is 7.07. The van der Waals surface area contributed by atoms with E-state index in [9.17, 15) is 4.79 Å². The highest BCUT2D eigenvalue weighted by molar-refractivity contribution is 9.10. The second-order valence-corrected chi connectivity index (χ2v) is 5.75. The van der Waals surface area contributed by atoms with Crippen LogP contribution in [-0.2, 0) is 0 Å². The molecular weight excluding hydrogens is 294 g/mol. The summed E-state index contributed by atoms with van der Waals surface area (Å²) in [4.78, 5) is 13.9. The van der Waals surface area contributed by atoms with Crippen LogP contribution in [0.2, 0.25) is 0 Å². The van der Waals surface area contributed by atoms with Gasteiger partial charge in [-0.1, -0.05) is 15.9 Å². The number of hydrogen-bond acceptors (Lipinski definition) is 3. The number of Topliss-reactive ketones (excluding diaryl/α,β-unsaturated/α-hetero) is 1. The van der Waals surface area contributed by atoms with E-state index in [-0.39, 0.29) is 12.4 Å².